The van der Waals surface area contributed by atoms with E-state index in [1.165, 1.54) is 16.0 Å². The third-order valence-corrected chi connectivity index (χ3v) is 10.8. The Labute approximate surface area is 300 Å². The van der Waals surface area contributed by atoms with Crippen LogP contribution in [0.2, 0.25) is 0 Å². The molecule has 4 atom stereocenters. The first-order chi connectivity index (χ1) is 24.5. The molecule has 0 spiro atoms. The van der Waals surface area contributed by atoms with Crippen LogP contribution in [0, 0.1) is 18.8 Å². The summed E-state index contributed by atoms with van der Waals surface area (Å²) in [6.45, 7) is 15.7. The minimum atomic E-state index is -0.569. The quantitative estimate of drug-likeness (QED) is 0.185. The van der Waals surface area contributed by atoms with Crippen LogP contribution < -0.4 is 4.74 Å². The maximum absolute atomic E-state index is 14.7. The van der Waals surface area contributed by atoms with Crippen molar-refractivity contribution < 1.29 is 19.1 Å². The number of cyclic esters (lactones) is 1. The minimum absolute atomic E-state index is 0.00333. The first-order valence-electron chi connectivity index (χ1n) is 18.1. The molecule has 2 amide bonds. The van der Waals surface area contributed by atoms with Gasteiger partial charge in [0.15, 0.2) is 0 Å². The molecule has 1 unspecified atom stereocenters. The van der Waals surface area contributed by atoms with Crippen LogP contribution in [-0.2, 0) is 29.0 Å². The Morgan fingerprint density at radius 2 is 1.90 bits per heavy atom. The number of carbonyl (C=O) groups excluding carboxylic acids is 2. The van der Waals surface area contributed by atoms with E-state index in [4.69, 9.17) is 9.47 Å². The maximum atomic E-state index is 14.7. The number of amides is 2. The molecule has 1 saturated heterocycles. The number of aromatic nitrogens is 4. The molecular formula is C41H48N6O4. The number of allylic oxidation sites excluding steroid dienone is 3. The van der Waals surface area contributed by atoms with E-state index in [0.29, 0.717) is 13.0 Å². The second kappa shape index (κ2) is 14.1. The van der Waals surface area contributed by atoms with Gasteiger partial charge in [0.2, 0.25) is 5.91 Å². The van der Waals surface area contributed by atoms with E-state index in [-0.39, 0.29) is 36.0 Å². The lowest BCUT2D eigenvalue weighted by Gasteiger charge is -2.37. The van der Waals surface area contributed by atoms with Crippen molar-refractivity contribution in [1.82, 2.24) is 29.8 Å². The van der Waals surface area contributed by atoms with Crippen molar-refractivity contribution >= 4 is 23.0 Å². The topological polar surface area (TPSA) is 103 Å². The first-order valence-corrected chi connectivity index (χ1v) is 18.1. The van der Waals surface area contributed by atoms with Crippen molar-refractivity contribution in [2.24, 2.45) is 11.8 Å². The number of nitrogens with zero attached hydrogens (tertiary/aromatic N) is 6. The molecule has 10 nitrogen and oxygen atoms in total. The van der Waals surface area contributed by atoms with E-state index in [2.05, 4.69) is 79.1 Å². The van der Waals surface area contributed by atoms with Gasteiger partial charge >= 0.3 is 6.09 Å². The highest BCUT2D eigenvalue weighted by atomic mass is 16.6. The van der Waals surface area contributed by atoms with Gasteiger partial charge in [-0.1, -0.05) is 71.8 Å². The van der Waals surface area contributed by atoms with Crippen molar-refractivity contribution in [2.45, 2.75) is 85.0 Å². The molecule has 4 heterocycles. The monoisotopic (exact) mass is 688 g/mol. The molecule has 7 rings (SSSR count). The Hall–Kier alpha value is -4.83. The standard InChI is InChI=1S/C41H48N6O4/c1-7-46-35-16-15-34(27(3)38(35)43-44-46)37(28(4)39(48)47-33(24-50-40(47)49)19-29-11-9-8-10-12-29)30-14-13-26(2)31(20-30)22-45-23-32-21-42-18-17-36(32)51-41(5,6)25-45/h8-18,21,28,30,33,37H,7,19-20,22-25H2,1-6H3/t28-,30?,33-,37+/m1/s1. The molecule has 51 heavy (non-hydrogen) atoms. The average molecular weight is 689 g/mol. The van der Waals surface area contributed by atoms with E-state index in [1.807, 2.05) is 54.2 Å². The highest BCUT2D eigenvalue weighted by Gasteiger charge is 2.44. The van der Waals surface area contributed by atoms with E-state index < -0.39 is 12.0 Å². The Morgan fingerprint density at radius 3 is 2.69 bits per heavy atom. The summed E-state index contributed by atoms with van der Waals surface area (Å²) in [6.07, 6.45) is 8.92. The van der Waals surface area contributed by atoms with Crippen molar-refractivity contribution in [1.29, 1.82) is 0 Å². The Bertz CT molecular complexity index is 2000. The largest absolute Gasteiger partial charge is 0.486 e. The summed E-state index contributed by atoms with van der Waals surface area (Å²) >= 11 is 0. The van der Waals surface area contributed by atoms with Crippen molar-refractivity contribution in [3.05, 3.63) is 106 Å². The third kappa shape index (κ3) is 6.94. The number of rotatable bonds is 9. The zero-order valence-corrected chi connectivity index (χ0v) is 30.5. The first kappa shape index (κ1) is 34.6. The summed E-state index contributed by atoms with van der Waals surface area (Å²) < 4.78 is 13.8. The Kier molecular flexibility index (Phi) is 9.54. The van der Waals surface area contributed by atoms with E-state index in [0.717, 1.165) is 65.1 Å². The van der Waals surface area contributed by atoms with Crippen LogP contribution in [0.5, 0.6) is 5.75 Å². The second-order valence-corrected chi connectivity index (χ2v) is 15.0. The van der Waals surface area contributed by atoms with Crippen molar-refractivity contribution in [3.63, 3.8) is 0 Å². The number of aryl methyl sites for hydroxylation is 2. The van der Waals surface area contributed by atoms with Crippen LogP contribution >= 0.6 is 0 Å². The maximum Gasteiger partial charge on any atom is 0.416 e. The zero-order valence-electron chi connectivity index (χ0n) is 30.5. The molecule has 4 aromatic rings. The fourth-order valence-corrected chi connectivity index (χ4v) is 8.30. The van der Waals surface area contributed by atoms with E-state index in [1.54, 1.807) is 6.20 Å². The van der Waals surface area contributed by atoms with Crippen molar-refractivity contribution in [3.8, 4) is 5.75 Å². The molecule has 0 N–H and O–H groups in total. The SMILES string of the molecule is CCn1nnc2c(C)c([C@H](C3C=CC(C)=C(CN4Cc5cnccc5OC(C)(C)C4)C3)[C@@H](C)C(=O)N3C(=O)OC[C@H]3Cc3ccccc3)ccc21. The molecule has 2 aromatic heterocycles. The number of hydrogen-bond donors (Lipinski definition) is 0. The lowest BCUT2D eigenvalue weighted by Crippen LogP contribution is -2.45. The van der Waals surface area contributed by atoms with Crippen LogP contribution in [0.3, 0.4) is 0 Å². The van der Waals surface area contributed by atoms with Crippen LogP contribution in [0.25, 0.3) is 11.0 Å². The lowest BCUT2D eigenvalue weighted by molar-refractivity contribution is -0.134. The van der Waals surface area contributed by atoms with E-state index >= 15 is 0 Å². The molecule has 0 bridgehead atoms. The predicted molar refractivity (Wildman–Crippen MR) is 196 cm³/mol. The molecule has 1 fully saturated rings. The van der Waals surface area contributed by atoms with Gasteiger partial charge in [-0.2, -0.15) is 0 Å². The minimum Gasteiger partial charge on any atom is -0.486 e. The molecule has 266 valence electrons. The summed E-state index contributed by atoms with van der Waals surface area (Å²) in [7, 11) is 0. The summed E-state index contributed by atoms with van der Waals surface area (Å²) in [6, 6.07) is 15.8. The number of hydrogen-bond acceptors (Lipinski definition) is 8. The fraction of sp³-hybridized carbons (Fsp3) is 0.439. The number of carbonyl (C=O) groups is 2. The molecule has 10 heteroatoms. The summed E-state index contributed by atoms with van der Waals surface area (Å²) in [5.41, 5.74) is 8.20. The summed E-state index contributed by atoms with van der Waals surface area (Å²) in [5.74, 6) is -0.0843. The lowest BCUT2D eigenvalue weighted by atomic mass is 9.71. The number of fused-ring (bicyclic) bond motifs is 2. The van der Waals surface area contributed by atoms with Crippen LogP contribution in [-0.4, -0.2) is 73.1 Å². The van der Waals surface area contributed by atoms with Gasteiger partial charge in [0.05, 0.1) is 11.6 Å². The average Bonchev–Trinajstić information content (AvgIpc) is 3.67. The smallest absolute Gasteiger partial charge is 0.416 e. The normalized spacial score (nSPS) is 21.6. The summed E-state index contributed by atoms with van der Waals surface area (Å²) in [5, 5.41) is 8.97. The highest BCUT2D eigenvalue weighted by molar-refractivity contribution is 5.95. The molecule has 0 saturated carbocycles. The molecule has 3 aliphatic rings. The van der Waals surface area contributed by atoms with Gasteiger partial charge in [-0.25, -0.2) is 14.4 Å². The zero-order chi connectivity index (χ0) is 35.9. The molecule has 1 aliphatic carbocycles. The summed E-state index contributed by atoms with van der Waals surface area (Å²) in [4.78, 5) is 36.1. The van der Waals surface area contributed by atoms with Gasteiger partial charge in [-0.3, -0.25) is 14.7 Å². The predicted octanol–water partition coefficient (Wildman–Crippen LogP) is 7.03. The Morgan fingerprint density at radius 1 is 1.10 bits per heavy atom. The van der Waals surface area contributed by atoms with Gasteiger partial charge in [0.25, 0.3) is 0 Å². The number of ether oxygens (including phenoxy) is 2. The highest BCUT2D eigenvalue weighted by Crippen LogP contribution is 2.43. The van der Waals surface area contributed by atoms with Crippen LogP contribution in [0.4, 0.5) is 4.79 Å². The van der Waals surface area contributed by atoms with E-state index in [9.17, 15) is 9.59 Å². The molecule has 2 aromatic carbocycles. The second-order valence-electron chi connectivity index (χ2n) is 15.0. The van der Waals surface area contributed by atoms with Crippen LogP contribution in [0.1, 0.15) is 69.2 Å². The molecular weight excluding hydrogens is 640 g/mol. The number of benzene rings is 2. The molecule has 2 aliphatic heterocycles. The fourth-order valence-electron chi connectivity index (χ4n) is 8.30. The van der Waals surface area contributed by atoms with Gasteiger partial charge in [-0.15, -0.1) is 5.10 Å². The Balaban J connectivity index is 1.22. The van der Waals surface area contributed by atoms with Gasteiger partial charge in [0.1, 0.15) is 23.5 Å². The van der Waals surface area contributed by atoms with Gasteiger partial charge < -0.3 is 9.47 Å². The van der Waals surface area contributed by atoms with Crippen LogP contribution in [0.15, 0.2) is 84.2 Å². The number of pyridine rings is 1. The molecule has 0 radical (unpaired) electrons. The van der Waals surface area contributed by atoms with Gasteiger partial charge in [-0.05, 0) is 82.2 Å². The van der Waals surface area contributed by atoms with Gasteiger partial charge in [0, 0.05) is 56.0 Å². The third-order valence-electron chi connectivity index (χ3n) is 10.8. The van der Waals surface area contributed by atoms with Crippen molar-refractivity contribution in [2.75, 3.05) is 19.7 Å². The number of imide groups is 1.